The van der Waals surface area contributed by atoms with Crippen molar-refractivity contribution in [3.63, 3.8) is 0 Å². The highest BCUT2D eigenvalue weighted by Gasteiger charge is 2.12. The molecule has 0 fully saturated rings. The quantitative estimate of drug-likeness (QED) is 0.637. The molecule has 2 rings (SSSR count). The topological polar surface area (TPSA) is 63.8 Å². The van der Waals surface area contributed by atoms with Crippen molar-refractivity contribution in [1.29, 1.82) is 0 Å². The normalized spacial score (nSPS) is 10.8. The Balaban J connectivity index is 2.22. The summed E-state index contributed by atoms with van der Waals surface area (Å²) in [5.74, 6) is 1.72. The third-order valence-corrected chi connectivity index (χ3v) is 3.56. The van der Waals surface area contributed by atoms with Gasteiger partial charge < -0.3 is 9.67 Å². The molecule has 0 aromatic carbocycles. The van der Waals surface area contributed by atoms with Crippen molar-refractivity contribution >= 4 is 11.8 Å². The van der Waals surface area contributed by atoms with Crippen LogP contribution in [-0.2, 0) is 6.54 Å². The summed E-state index contributed by atoms with van der Waals surface area (Å²) in [5, 5.41) is 18.1. The smallest absolute Gasteiger partial charge is 0.191 e. The van der Waals surface area contributed by atoms with Gasteiger partial charge in [0.15, 0.2) is 11.0 Å². The maximum absolute atomic E-state index is 8.79. The molecule has 1 N–H and O–H groups in total. The monoisotopic (exact) mass is 264 g/mol. The molecule has 0 aliphatic heterocycles. The summed E-state index contributed by atoms with van der Waals surface area (Å²) >= 11 is 1.63. The van der Waals surface area contributed by atoms with E-state index in [1.807, 2.05) is 12.1 Å². The largest absolute Gasteiger partial charge is 0.396 e. The summed E-state index contributed by atoms with van der Waals surface area (Å²) in [6, 6.07) is 3.86. The number of aromatic nitrogens is 4. The minimum Gasteiger partial charge on any atom is -0.396 e. The highest BCUT2D eigenvalue weighted by atomic mass is 32.2. The average molecular weight is 264 g/mol. The second kappa shape index (κ2) is 6.51. The number of aliphatic hydroxyl groups is 1. The molecule has 5 nitrogen and oxygen atoms in total. The minimum atomic E-state index is 0.213. The number of rotatable bonds is 6. The molecule has 0 saturated carbocycles. The lowest BCUT2D eigenvalue weighted by molar-refractivity contribution is 0.296. The zero-order chi connectivity index (χ0) is 12.8. The number of aliphatic hydroxyl groups excluding tert-OH is 1. The fourth-order valence-corrected chi connectivity index (χ4v) is 2.55. The summed E-state index contributed by atoms with van der Waals surface area (Å²) in [6.45, 7) is 3.11. The average Bonchev–Trinajstić information content (AvgIpc) is 2.83. The molecule has 2 aromatic heterocycles. The van der Waals surface area contributed by atoms with Gasteiger partial charge in [0.2, 0.25) is 0 Å². The first-order valence-corrected chi connectivity index (χ1v) is 6.92. The molecule has 0 bridgehead atoms. The molecular formula is C12H16N4OS. The van der Waals surface area contributed by atoms with Gasteiger partial charge in [-0.3, -0.25) is 4.98 Å². The Bertz CT molecular complexity index is 486. The number of hydrogen-bond donors (Lipinski definition) is 1. The van der Waals surface area contributed by atoms with Crippen LogP contribution in [0.5, 0.6) is 0 Å². The summed E-state index contributed by atoms with van der Waals surface area (Å²) in [7, 11) is 0. The molecule has 0 radical (unpaired) electrons. The Kier molecular flexibility index (Phi) is 4.72. The van der Waals surface area contributed by atoms with E-state index in [1.165, 1.54) is 0 Å². The zero-order valence-electron chi connectivity index (χ0n) is 10.3. The van der Waals surface area contributed by atoms with Gasteiger partial charge in [0, 0.05) is 36.9 Å². The fourth-order valence-electron chi connectivity index (χ4n) is 1.62. The van der Waals surface area contributed by atoms with Gasteiger partial charge in [-0.2, -0.15) is 0 Å². The van der Waals surface area contributed by atoms with Crippen molar-refractivity contribution in [2.45, 2.75) is 25.0 Å². The molecule has 0 atom stereocenters. The zero-order valence-corrected chi connectivity index (χ0v) is 11.1. The Labute approximate surface area is 110 Å². The Hall–Kier alpha value is -1.40. The van der Waals surface area contributed by atoms with E-state index in [0.717, 1.165) is 35.3 Å². The number of nitrogens with zero attached hydrogens (tertiary/aromatic N) is 4. The van der Waals surface area contributed by atoms with Gasteiger partial charge >= 0.3 is 0 Å². The maximum atomic E-state index is 8.79. The van der Waals surface area contributed by atoms with E-state index in [4.69, 9.17) is 5.11 Å². The van der Waals surface area contributed by atoms with Crippen LogP contribution in [0.1, 0.15) is 13.3 Å². The first-order valence-electron chi connectivity index (χ1n) is 5.94. The molecule has 2 aromatic rings. The molecule has 0 aliphatic carbocycles. The summed E-state index contributed by atoms with van der Waals surface area (Å²) in [6.07, 6.45) is 4.27. The highest BCUT2D eigenvalue weighted by Crippen LogP contribution is 2.23. The van der Waals surface area contributed by atoms with E-state index in [2.05, 4.69) is 26.7 Å². The summed E-state index contributed by atoms with van der Waals surface area (Å²) in [5.41, 5.74) is 1.02. The van der Waals surface area contributed by atoms with E-state index >= 15 is 0 Å². The van der Waals surface area contributed by atoms with Crippen LogP contribution in [0.3, 0.4) is 0 Å². The summed E-state index contributed by atoms with van der Waals surface area (Å²) < 4.78 is 2.08. The third-order valence-electron chi connectivity index (χ3n) is 2.51. The van der Waals surface area contributed by atoms with Crippen LogP contribution < -0.4 is 0 Å². The Morgan fingerprint density at radius 3 is 2.72 bits per heavy atom. The van der Waals surface area contributed by atoms with E-state index in [0.29, 0.717) is 0 Å². The molecule has 0 spiro atoms. The highest BCUT2D eigenvalue weighted by molar-refractivity contribution is 7.99. The van der Waals surface area contributed by atoms with Crippen molar-refractivity contribution in [3.8, 4) is 11.4 Å². The van der Waals surface area contributed by atoms with Gasteiger partial charge in [0.05, 0.1) is 0 Å². The molecule has 18 heavy (non-hydrogen) atoms. The van der Waals surface area contributed by atoms with Crippen LogP contribution in [-0.4, -0.2) is 37.2 Å². The van der Waals surface area contributed by atoms with E-state index in [1.54, 1.807) is 24.2 Å². The first kappa shape index (κ1) is 13.0. The molecule has 0 amide bonds. The van der Waals surface area contributed by atoms with Crippen molar-refractivity contribution in [3.05, 3.63) is 24.5 Å². The molecule has 6 heteroatoms. The van der Waals surface area contributed by atoms with Crippen molar-refractivity contribution in [2.24, 2.45) is 0 Å². The lowest BCUT2D eigenvalue weighted by atomic mass is 10.2. The van der Waals surface area contributed by atoms with Crippen LogP contribution in [0, 0.1) is 0 Å². The van der Waals surface area contributed by atoms with Gasteiger partial charge in [-0.05, 0) is 25.5 Å². The standard InChI is InChI=1S/C12H16N4OS/c1-2-16-11(10-4-6-13-7-5-10)14-15-12(16)18-9-3-8-17/h4-7,17H,2-3,8-9H2,1H3. The van der Waals surface area contributed by atoms with Crippen molar-refractivity contribution in [2.75, 3.05) is 12.4 Å². The van der Waals surface area contributed by atoms with Crippen LogP contribution in [0.25, 0.3) is 11.4 Å². The minimum absolute atomic E-state index is 0.213. The van der Waals surface area contributed by atoms with Gasteiger partial charge in [0.25, 0.3) is 0 Å². The molecule has 2 heterocycles. The van der Waals surface area contributed by atoms with Crippen molar-refractivity contribution < 1.29 is 5.11 Å². The SMILES string of the molecule is CCn1c(SCCCO)nnc1-c1ccncc1. The predicted molar refractivity (Wildman–Crippen MR) is 71.4 cm³/mol. The van der Waals surface area contributed by atoms with Gasteiger partial charge in [-0.25, -0.2) is 0 Å². The van der Waals surface area contributed by atoms with Gasteiger partial charge in [-0.1, -0.05) is 11.8 Å². The number of pyridine rings is 1. The molecular weight excluding hydrogens is 248 g/mol. The summed E-state index contributed by atoms with van der Waals surface area (Å²) in [4.78, 5) is 4.00. The van der Waals surface area contributed by atoms with Crippen LogP contribution >= 0.6 is 11.8 Å². The van der Waals surface area contributed by atoms with E-state index in [-0.39, 0.29) is 6.61 Å². The molecule has 96 valence electrons. The van der Waals surface area contributed by atoms with Crippen molar-refractivity contribution in [1.82, 2.24) is 19.7 Å². The predicted octanol–water partition coefficient (Wildman–Crippen LogP) is 1.83. The van der Waals surface area contributed by atoms with Crippen LogP contribution in [0.2, 0.25) is 0 Å². The van der Waals surface area contributed by atoms with E-state index < -0.39 is 0 Å². The lowest BCUT2D eigenvalue weighted by Gasteiger charge is -2.06. The molecule has 0 aliphatic rings. The Morgan fingerprint density at radius 1 is 1.28 bits per heavy atom. The Morgan fingerprint density at radius 2 is 2.06 bits per heavy atom. The fraction of sp³-hybridized carbons (Fsp3) is 0.417. The van der Waals surface area contributed by atoms with Gasteiger partial charge in [-0.15, -0.1) is 10.2 Å². The lowest BCUT2D eigenvalue weighted by Crippen LogP contribution is -2.00. The molecule has 0 saturated heterocycles. The number of thioether (sulfide) groups is 1. The van der Waals surface area contributed by atoms with E-state index in [9.17, 15) is 0 Å². The number of hydrogen-bond acceptors (Lipinski definition) is 5. The second-order valence-electron chi connectivity index (χ2n) is 3.71. The third kappa shape index (κ3) is 2.88. The maximum Gasteiger partial charge on any atom is 0.191 e. The van der Waals surface area contributed by atoms with Gasteiger partial charge in [0.1, 0.15) is 0 Å². The first-order chi connectivity index (χ1) is 8.86. The second-order valence-corrected chi connectivity index (χ2v) is 4.77. The molecule has 0 unspecified atom stereocenters. The van der Waals surface area contributed by atoms with Crippen LogP contribution in [0.15, 0.2) is 29.7 Å². The van der Waals surface area contributed by atoms with Crippen LogP contribution in [0.4, 0.5) is 0 Å².